The summed E-state index contributed by atoms with van der Waals surface area (Å²) in [6.07, 6.45) is 5.76. The highest BCUT2D eigenvalue weighted by Gasteiger charge is 2.18. The Balaban J connectivity index is 1.24. The quantitative estimate of drug-likeness (QED) is 0.560. The third-order valence-corrected chi connectivity index (χ3v) is 5.78. The molecule has 2 aromatic carbocycles. The summed E-state index contributed by atoms with van der Waals surface area (Å²) >= 11 is 0. The minimum Gasteiger partial charge on any atom is -0.492 e. The minimum atomic E-state index is -0.110. The van der Waals surface area contributed by atoms with Gasteiger partial charge in [-0.1, -0.05) is 12.1 Å². The summed E-state index contributed by atoms with van der Waals surface area (Å²) in [7, 11) is 2.15. The van der Waals surface area contributed by atoms with E-state index in [2.05, 4.69) is 22.4 Å². The zero-order chi connectivity index (χ0) is 22.2. The van der Waals surface area contributed by atoms with Crippen molar-refractivity contribution in [3.8, 4) is 11.4 Å². The number of amides is 1. The molecule has 1 fully saturated rings. The van der Waals surface area contributed by atoms with Crippen LogP contribution in [0, 0.1) is 0 Å². The van der Waals surface area contributed by atoms with Crippen LogP contribution in [0.3, 0.4) is 0 Å². The maximum atomic E-state index is 12.5. The molecule has 1 aliphatic heterocycles. The predicted octanol–water partition coefficient (Wildman–Crippen LogP) is 3.29. The van der Waals surface area contributed by atoms with E-state index in [1.54, 1.807) is 23.0 Å². The van der Waals surface area contributed by atoms with Gasteiger partial charge < -0.3 is 14.8 Å². The molecule has 0 saturated carbocycles. The monoisotopic (exact) mass is 434 g/mol. The largest absolute Gasteiger partial charge is 0.492 e. The fraction of sp³-hybridized carbons (Fsp3) is 0.360. The third kappa shape index (κ3) is 5.96. The van der Waals surface area contributed by atoms with Gasteiger partial charge in [0.05, 0.1) is 5.69 Å². The second kappa shape index (κ2) is 10.9. The zero-order valence-corrected chi connectivity index (χ0v) is 18.4. The first kappa shape index (κ1) is 22.0. The second-order valence-corrected chi connectivity index (χ2v) is 8.00. The van der Waals surface area contributed by atoms with E-state index in [1.165, 1.54) is 0 Å². The lowest BCUT2D eigenvalue weighted by Crippen LogP contribution is -2.38. The number of rotatable bonds is 9. The van der Waals surface area contributed by atoms with Crippen molar-refractivity contribution in [2.75, 3.05) is 33.4 Å². The van der Waals surface area contributed by atoms with Gasteiger partial charge in [-0.05, 0) is 67.9 Å². The molecule has 32 heavy (non-hydrogen) atoms. The van der Waals surface area contributed by atoms with E-state index in [0.717, 1.165) is 49.6 Å². The highest BCUT2D eigenvalue weighted by molar-refractivity contribution is 5.94. The Bertz CT molecular complexity index is 983. The van der Waals surface area contributed by atoms with Gasteiger partial charge in [-0.2, -0.15) is 5.10 Å². The molecule has 1 aromatic heterocycles. The second-order valence-electron chi connectivity index (χ2n) is 8.00. The Labute approximate surface area is 188 Å². The molecule has 1 N–H and O–H groups in total. The van der Waals surface area contributed by atoms with Gasteiger partial charge in [0.1, 0.15) is 12.4 Å². The van der Waals surface area contributed by atoms with Crippen LogP contribution in [0.15, 0.2) is 67.0 Å². The van der Waals surface area contributed by atoms with Crippen LogP contribution >= 0.6 is 0 Å². The summed E-state index contributed by atoms with van der Waals surface area (Å²) in [6.45, 7) is 3.64. The van der Waals surface area contributed by atoms with Crippen LogP contribution in [0.4, 0.5) is 0 Å². The number of hydrogen-bond donors (Lipinski definition) is 1. The maximum absolute atomic E-state index is 12.5. The van der Waals surface area contributed by atoms with Crippen LogP contribution < -0.4 is 10.1 Å². The first-order chi connectivity index (χ1) is 15.7. The number of nitrogens with one attached hydrogen (secondary N) is 1. The van der Waals surface area contributed by atoms with Gasteiger partial charge in [0.15, 0.2) is 0 Å². The molecular formula is C25H30N4O3. The van der Waals surface area contributed by atoms with Crippen molar-refractivity contribution in [3.63, 3.8) is 0 Å². The molecule has 1 aliphatic rings. The maximum Gasteiger partial charge on any atom is 0.251 e. The van der Waals surface area contributed by atoms with E-state index in [0.29, 0.717) is 24.8 Å². The molecule has 0 spiro atoms. The summed E-state index contributed by atoms with van der Waals surface area (Å²) in [5, 5.41) is 7.17. The van der Waals surface area contributed by atoms with Crippen molar-refractivity contribution in [2.24, 2.45) is 0 Å². The van der Waals surface area contributed by atoms with Gasteiger partial charge >= 0.3 is 0 Å². The van der Waals surface area contributed by atoms with Crippen LogP contribution in [-0.4, -0.2) is 60.0 Å². The van der Waals surface area contributed by atoms with Gasteiger partial charge in [-0.3, -0.25) is 9.69 Å². The molecule has 7 nitrogen and oxygen atoms in total. The molecule has 1 saturated heterocycles. The Hall–Kier alpha value is -3.16. The average Bonchev–Trinajstić information content (AvgIpc) is 3.38. The summed E-state index contributed by atoms with van der Waals surface area (Å²) in [5.41, 5.74) is 2.53. The number of hydrogen-bond acceptors (Lipinski definition) is 5. The van der Waals surface area contributed by atoms with Crippen molar-refractivity contribution >= 4 is 5.91 Å². The van der Waals surface area contributed by atoms with Crippen molar-refractivity contribution in [2.45, 2.75) is 25.4 Å². The lowest BCUT2D eigenvalue weighted by atomic mass is 10.1. The summed E-state index contributed by atoms with van der Waals surface area (Å²) in [5.74, 6) is 0.710. The first-order valence-corrected chi connectivity index (χ1v) is 11.1. The lowest BCUT2D eigenvalue weighted by Gasteiger charge is -2.31. The SMILES string of the molecule is CN(CCOc1cccc(CNC(=O)c2ccc(-n3cccn3)cc2)c1)C1CCOCC1. The normalized spacial score (nSPS) is 14.4. The molecule has 0 aliphatic carbocycles. The number of aromatic nitrogens is 2. The number of carbonyl (C=O) groups excluding carboxylic acids is 1. The van der Waals surface area contributed by atoms with E-state index < -0.39 is 0 Å². The first-order valence-electron chi connectivity index (χ1n) is 11.1. The van der Waals surface area contributed by atoms with Gasteiger partial charge in [-0.25, -0.2) is 4.68 Å². The fourth-order valence-electron chi connectivity index (χ4n) is 3.83. The number of benzene rings is 2. The van der Waals surface area contributed by atoms with Gasteiger partial charge in [-0.15, -0.1) is 0 Å². The topological polar surface area (TPSA) is 68.6 Å². The molecule has 1 amide bonds. The molecule has 0 radical (unpaired) electrons. The average molecular weight is 435 g/mol. The molecule has 0 atom stereocenters. The van der Waals surface area contributed by atoms with Crippen molar-refractivity contribution < 1.29 is 14.3 Å². The van der Waals surface area contributed by atoms with E-state index >= 15 is 0 Å². The predicted molar refractivity (Wildman–Crippen MR) is 123 cm³/mol. The van der Waals surface area contributed by atoms with Crippen molar-refractivity contribution in [1.82, 2.24) is 20.0 Å². The van der Waals surface area contributed by atoms with Crippen molar-refractivity contribution in [3.05, 3.63) is 78.1 Å². The molecule has 168 valence electrons. The lowest BCUT2D eigenvalue weighted by molar-refractivity contribution is 0.0392. The van der Waals surface area contributed by atoms with E-state index in [9.17, 15) is 4.79 Å². The van der Waals surface area contributed by atoms with Crippen LogP contribution in [-0.2, 0) is 11.3 Å². The molecule has 2 heterocycles. The number of ether oxygens (including phenoxy) is 2. The Morgan fingerprint density at radius 1 is 1.19 bits per heavy atom. The highest BCUT2D eigenvalue weighted by atomic mass is 16.5. The van der Waals surface area contributed by atoms with E-state index in [-0.39, 0.29) is 5.91 Å². The number of nitrogens with zero attached hydrogens (tertiary/aromatic N) is 3. The number of likely N-dealkylation sites (N-methyl/N-ethyl adjacent to an activating group) is 1. The van der Waals surface area contributed by atoms with Gasteiger partial charge in [0.25, 0.3) is 5.91 Å². The molecule has 7 heteroatoms. The van der Waals surface area contributed by atoms with Crippen LogP contribution in [0.5, 0.6) is 5.75 Å². The standard InChI is InChI=1S/C25H30N4O3/c1-28(22-10-15-31-16-11-22)14-17-32-24-5-2-4-20(18-24)19-26-25(30)21-6-8-23(9-7-21)29-13-3-12-27-29/h2-9,12-13,18,22H,10-11,14-17,19H2,1H3,(H,26,30). The van der Waals surface area contributed by atoms with Gasteiger partial charge in [0.2, 0.25) is 0 Å². The van der Waals surface area contributed by atoms with E-state index in [4.69, 9.17) is 9.47 Å². The fourth-order valence-corrected chi connectivity index (χ4v) is 3.83. The minimum absolute atomic E-state index is 0.110. The Morgan fingerprint density at radius 3 is 2.75 bits per heavy atom. The summed E-state index contributed by atoms with van der Waals surface area (Å²) in [6, 6.07) is 17.7. The summed E-state index contributed by atoms with van der Waals surface area (Å²) in [4.78, 5) is 14.9. The molecular weight excluding hydrogens is 404 g/mol. The zero-order valence-electron chi connectivity index (χ0n) is 18.4. The Morgan fingerprint density at radius 2 is 2.00 bits per heavy atom. The van der Waals surface area contributed by atoms with Crippen LogP contribution in [0.2, 0.25) is 0 Å². The molecule has 0 unspecified atom stereocenters. The number of carbonyl (C=O) groups is 1. The van der Waals surface area contributed by atoms with Crippen molar-refractivity contribution in [1.29, 1.82) is 0 Å². The molecule has 3 aromatic rings. The summed E-state index contributed by atoms with van der Waals surface area (Å²) < 4.78 is 13.1. The Kier molecular flexibility index (Phi) is 7.53. The third-order valence-electron chi connectivity index (χ3n) is 5.78. The highest BCUT2D eigenvalue weighted by Crippen LogP contribution is 2.16. The van der Waals surface area contributed by atoms with Crippen LogP contribution in [0.1, 0.15) is 28.8 Å². The van der Waals surface area contributed by atoms with Crippen LogP contribution in [0.25, 0.3) is 5.69 Å². The van der Waals surface area contributed by atoms with Gasteiger partial charge in [0, 0.05) is 50.3 Å². The smallest absolute Gasteiger partial charge is 0.251 e. The molecule has 4 rings (SSSR count). The van der Waals surface area contributed by atoms with E-state index in [1.807, 2.05) is 48.7 Å². The molecule has 0 bridgehead atoms.